The van der Waals surface area contributed by atoms with Crippen molar-refractivity contribution in [2.75, 3.05) is 31.1 Å². The number of sulfone groups is 1. The van der Waals surface area contributed by atoms with Crippen molar-refractivity contribution in [2.45, 2.75) is 6.42 Å². The Morgan fingerprint density at radius 1 is 1.19 bits per heavy atom. The molecule has 0 spiro atoms. The second kappa shape index (κ2) is 7.20. The Labute approximate surface area is 130 Å². The van der Waals surface area contributed by atoms with Gasteiger partial charge in [-0.15, -0.1) is 0 Å². The number of hydrogen-bond donors (Lipinski definition) is 0. The number of ketones is 1. The lowest BCUT2D eigenvalue weighted by atomic mass is 10.1. The Morgan fingerprint density at radius 2 is 1.81 bits per heavy atom. The molecular formula is C15H18ClNO3S. The van der Waals surface area contributed by atoms with Gasteiger partial charge in [0.05, 0.1) is 11.5 Å². The van der Waals surface area contributed by atoms with E-state index in [0.29, 0.717) is 31.1 Å². The summed E-state index contributed by atoms with van der Waals surface area (Å²) in [5, 5.41) is 0.665. The molecule has 1 aromatic rings. The zero-order valence-electron chi connectivity index (χ0n) is 11.7. The molecule has 0 radical (unpaired) electrons. The fourth-order valence-corrected chi connectivity index (χ4v) is 3.49. The Balaban J connectivity index is 1.76. The van der Waals surface area contributed by atoms with Gasteiger partial charge in [0, 0.05) is 31.1 Å². The fourth-order valence-electron chi connectivity index (χ4n) is 2.09. The first-order valence-electron chi connectivity index (χ1n) is 6.84. The lowest BCUT2D eigenvalue weighted by Gasteiger charge is -2.25. The molecule has 0 N–H and O–H groups in total. The van der Waals surface area contributed by atoms with Gasteiger partial charge in [-0.2, -0.15) is 0 Å². The van der Waals surface area contributed by atoms with Crippen molar-refractivity contribution in [1.29, 1.82) is 0 Å². The molecule has 1 fully saturated rings. The normalized spacial score (nSPS) is 18.9. The van der Waals surface area contributed by atoms with Crippen molar-refractivity contribution in [3.05, 3.63) is 40.9 Å². The SMILES string of the molecule is O=C(/C=C/c1ccc(Cl)cc1)CCN1CCS(=O)(=O)CC1. The van der Waals surface area contributed by atoms with Crippen LogP contribution in [0.4, 0.5) is 0 Å². The van der Waals surface area contributed by atoms with Crippen LogP contribution in [-0.2, 0) is 14.6 Å². The van der Waals surface area contributed by atoms with E-state index in [-0.39, 0.29) is 17.3 Å². The second-order valence-electron chi connectivity index (χ2n) is 5.09. The van der Waals surface area contributed by atoms with Crippen molar-refractivity contribution in [2.24, 2.45) is 0 Å². The molecule has 0 aromatic heterocycles. The summed E-state index contributed by atoms with van der Waals surface area (Å²) in [7, 11) is -2.86. The number of allylic oxidation sites excluding steroid dienone is 1. The van der Waals surface area contributed by atoms with Crippen LogP contribution in [0, 0.1) is 0 Å². The number of rotatable bonds is 5. The summed E-state index contributed by atoms with van der Waals surface area (Å²) < 4.78 is 22.6. The first-order chi connectivity index (χ1) is 9.94. The van der Waals surface area contributed by atoms with Crippen LogP contribution in [0.5, 0.6) is 0 Å². The molecule has 0 amide bonds. The lowest BCUT2D eigenvalue weighted by Crippen LogP contribution is -2.41. The van der Waals surface area contributed by atoms with E-state index in [1.165, 1.54) is 0 Å². The molecule has 0 aliphatic carbocycles. The monoisotopic (exact) mass is 327 g/mol. The summed E-state index contributed by atoms with van der Waals surface area (Å²) in [6.45, 7) is 1.66. The largest absolute Gasteiger partial charge is 0.301 e. The number of carbonyl (C=O) groups excluding carboxylic acids is 1. The number of benzene rings is 1. The molecule has 0 bridgehead atoms. The number of carbonyl (C=O) groups is 1. The van der Waals surface area contributed by atoms with Crippen molar-refractivity contribution in [1.82, 2.24) is 4.90 Å². The highest BCUT2D eigenvalue weighted by molar-refractivity contribution is 7.91. The van der Waals surface area contributed by atoms with Crippen LogP contribution in [-0.4, -0.2) is 50.2 Å². The van der Waals surface area contributed by atoms with E-state index in [1.807, 2.05) is 17.0 Å². The molecule has 21 heavy (non-hydrogen) atoms. The van der Waals surface area contributed by atoms with Gasteiger partial charge in [0.1, 0.15) is 0 Å². The number of halogens is 1. The van der Waals surface area contributed by atoms with Crippen LogP contribution >= 0.6 is 11.6 Å². The van der Waals surface area contributed by atoms with Crippen LogP contribution in [0.3, 0.4) is 0 Å². The van der Waals surface area contributed by atoms with Crippen LogP contribution in [0.15, 0.2) is 30.3 Å². The Morgan fingerprint density at radius 3 is 2.43 bits per heavy atom. The molecule has 0 atom stereocenters. The minimum absolute atomic E-state index is 0.0402. The zero-order chi connectivity index (χ0) is 15.3. The van der Waals surface area contributed by atoms with Gasteiger partial charge >= 0.3 is 0 Å². The van der Waals surface area contributed by atoms with Crippen molar-refractivity contribution >= 4 is 33.3 Å². The minimum atomic E-state index is -2.86. The summed E-state index contributed by atoms with van der Waals surface area (Å²) in [6, 6.07) is 7.25. The van der Waals surface area contributed by atoms with Crippen LogP contribution < -0.4 is 0 Å². The van der Waals surface area contributed by atoms with Gasteiger partial charge in [0.25, 0.3) is 0 Å². The van der Waals surface area contributed by atoms with E-state index in [0.717, 1.165) is 5.56 Å². The predicted molar refractivity (Wildman–Crippen MR) is 85.2 cm³/mol. The maximum absolute atomic E-state index is 11.8. The molecule has 0 unspecified atom stereocenters. The van der Waals surface area contributed by atoms with Gasteiger partial charge in [-0.25, -0.2) is 8.42 Å². The smallest absolute Gasteiger partial charge is 0.156 e. The standard InChI is InChI=1S/C15H18ClNO3S/c16-14-4-1-13(2-5-14)3-6-15(18)7-8-17-9-11-21(19,20)12-10-17/h1-6H,7-12H2/b6-3+. The summed E-state index contributed by atoms with van der Waals surface area (Å²) in [6.07, 6.45) is 3.73. The molecule has 1 aliphatic heterocycles. The summed E-state index contributed by atoms with van der Waals surface area (Å²) in [5.74, 6) is 0.433. The van der Waals surface area contributed by atoms with Crippen LogP contribution in [0.2, 0.25) is 5.02 Å². The van der Waals surface area contributed by atoms with Crippen molar-refractivity contribution in [3.63, 3.8) is 0 Å². The van der Waals surface area contributed by atoms with Gasteiger partial charge in [0.15, 0.2) is 15.6 Å². The van der Waals surface area contributed by atoms with Crippen LogP contribution in [0.25, 0.3) is 6.08 Å². The predicted octanol–water partition coefficient (Wildman–Crippen LogP) is 2.04. The Hall–Kier alpha value is -1.17. The molecule has 1 heterocycles. The number of hydrogen-bond acceptors (Lipinski definition) is 4. The maximum atomic E-state index is 11.8. The molecule has 4 nitrogen and oxygen atoms in total. The quantitative estimate of drug-likeness (QED) is 0.777. The van der Waals surface area contributed by atoms with E-state index in [4.69, 9.17) is 11.6 Å². The van der Waals surface area contributed by atoms with E-state index in [1.54, 1.807) is 24.3 Å². The van der Waals surface area contributed by atoms with E-state index in [2.05, 4.69) is 0 Å². The van der Waals surface area contributed by atoms with E-state index >= 15 is 0 Å². The molecule has 1 aromatic carbocycles. The van der Waals surface area contributed by atoms with Gasteiger partial charge in [-0.1, -0.05) is 29.8 Å². The van der Waals surface area contributed by atoms with Gasteiger partial charge in [0.2, 0.25) is 0 Å². The van der Waals surface area contributed by atoms with Gasteiger partial charge < -0.3 is 4.90 Å². The molecule has 114 valence electrons. The van der Waals surface area contributed by atoms with Crippen LogP contribution in [0.1, 0.15) is 12.0 Å². The fraction of sp³-hybridized carbons (Fsp3) is 0.400. The van der Waals surface area contributed by atoms with Gasteiger partial charge in [-0.05, 0) is 23.8 Å². The molecule has 0 saturated carbocycles. The first-order valence-corrected chi connectivity index (χ1v) is 9.04. The maximum Gasteiger partial charge on any atom is 0.156 e. The summed E-state index contributed by atoms with van der Waals surface area (Å²) in [4.78, 5) is 13.8. The zero-order valence-corrected chi connectivity index (χ0v) is 13.2. The molecule has 2 rings (SSSR count). The topological polar surface area (TPSA) is 54.5 Å². The first kappa shape index (κ1) is 16.2. The Bertz CT molecular complexity index is 609. The second-order valence-corrected chi connectivity index (χ2v) is 7.83. The average Bonchev–Trinajstić information content (AvgIpc) is 2.45. The highest BCUT2D eigenvalue weighted by Gasteiger charge is 2.21. The van der Waals surface area contributed by atoms with Crippen molar-refractivity contribution in [3.8, 4) is 0 Å². The molecule has 1 saturated heterocycles. The minimum Gasteiger partial charge on any atom is -0.301 e. The third-order valence-electron chi connectivity index (χ3n) is 3.44. The highest BCUT2D eigenvalue weighted by atomic mass is 35.5. The average molecular weight is 328 g/mol. The van der Waals surface area contributed by atoms with Gasteiger partial charge in [-0.3, -0.25) is 4.79 Å². The molecular weight excluding hydrogens is 310 g/mol. The lowest BCUT2D eigenvalue weighted by molar-refractivity contribution is -0.114. The van der Waals surface area contributed by atoms with E-state index in [9.17, 15) is 13.2 Å². The summed E-state index contributed by atoms with van der Waals surface area (Å²) in [5.41, 5.74) is 0.928. The summed E-state index contributed by atoms with van der Waals surface area (Å²) >= 11 is 5.79. The third-order valence-corrected chi connectivity index (χ3v) is 5.30. The van der Waals surface area contributed by atoms with Crippen molar-refractivity contribution < 1.29 is 13.2 Å². The number of nitrogens with zero attached hydrogens (tertiary/aromatic N) is 1. The highest BCUT2D eigenvalue weighted by Crippen LogP contribution is 2.11. The third kappa shape index (κ3) is 5.61. The molecule has 1 aliphatic rings. The van der Waals surface area contributed by atoms with E-state index < -0.39 is 9.84 Å². The molecule has 6 heteroatoms. The Kier molecular flexibility index (Phi) is 5.56.